The summed E-state index contributed by atoms with van der Waals surface area (Å²) in [6.07, 6.45) is 1.19. The topological polar surface area (TPSA) is 132 Å². The van der Waals surface area contributed by atoms with Crippen molar-refractivity contribution >= 4 is 39.2 Å². The first kappa shape index (κ1) is 31.4. The number of halogens is 1. The second-order valence-electron chi connectivity index (χ2n) is 9.57. The van der Waals surface area contributed by atoms with E-state index in [1.807, 2.05) is 32.0 Å². The highest BCUT2D eigenvalue weighted by atomic mass is 35.5. The second-order valence-corrected chi connectivity index (χ2v) is 11.8. The smallest absolute Gasteiger partial charge is 0.319 e. The zero-order valence-corrected chi connectivity index (χ0v) is 25.4. The van der Waals surface area contributed by atoms with Gasteiger partial charge in [-0.25, -0.2) is 22.5 Å². The van der Waals surface area contributed by atoms with E-state index in [0.717, 1.165) is 4.31 Å². The minimum Gasteiger partial charge on any atom is -0.497 e. The normalized spacial score (nSPS) is 11.1. The maximum absolute atomic E-state index is 13.9. The highest BCUT2D eigenvalue weighted by Crippen LogP contribution is 2.42. The average Bonchev–Trinajstić information content (AvgIpc) is 3.00. The number of ether oxygens (including phenoxy) is 3. The number of methoxy groups -OCH3 is 1. The van der Waals surface area contributed by atoms with Crippen LogP contribution >= 0.6 is 11.6 Å². The van der Waals surface area contributed by atoms with Crippen LogP contribution in [0.5, 0.6) is 23.1 Å². The SMILES string of the molecule is COc1ccc(Cl)c(Oc2c(OCCNC(=O)Nc3ccccc3)ncnc2N(CC(C)C)S(=O)(=O)c2ccccc2)c1. The third-order valence-corrected chi connectivity index (χ3v) is 7.94. The Kier molecular flexibility index (Phi) is 10.6. The molecule has 0 atom stereocenters. The number of sulfonamides is 1. The molecule has 0 fully saturated rings. The van der Waals surface area contributed by atoms with Gasteiger partial charge >= 0.3 is 6.03 Å². The van der Waals surface area contributed by atoms with Crippen LogP contribution in [0.2, 0.25) is 5.02 Å². The van der Waals surface area contributed by atoms with E-state index in [1.165, 1.54) is 25.6 Å². The van der Waals surface area contributed by atoms with Gasteiger partial charge in [0.05, 0.1) is 23.6 Å². The van der Waals surface area contributed by atoms with E-state index in [-0.39, 0.29) is 58.7 Å². The summed E-state index contributed by atoms with van der Waals surface area (Å²) in [6, 6.07) is 21.4. The van der Waals surface area contributed by atoms with E-state index in [0.29, 0.717) is 11.4 Å². The lowest BCUT2D eigenvalue weighted by atomic mass is 10.2. The van der Waals surface area contributed by atoms with Crippen molar-refractivity contribution in [1.82, 2.24) is 15.3 Å². The number of hydrogen-bond acceptors (Lipinski definition) is 8. The van der Waals surface area contributed by atoms with E-state index in [4.69, 9.17) is 25.8 Å². The van der Waals surface area contributed by atoms with Gasteiger partial charge in [0.1, 0.15) is 24.4 Å². The minimum absolute atomic E-state index is 0.0174. The summed E-state index contributed by atoms with van der Waals surface area (Å²) < 4.78 is 46.4. The van der Waals surface area contributed by atoms with Gasteiger partial charge in [0, 0.05) is 18.3 Å². The van der Waals surface area contributed by atoms with Gasteiger partial charge in [0.15, 0.2) is 5.82 Å². The van der Waals surface area contributed by atoms with Crippen molar-refractivity contribution in [2.75, 3.05) is 36.4 Å². The molecule has 1 aromatic heterocycles. The number of anilines is 2. The zero-order chi connectivity index (χ0) is 30.8. The first-order chi connectivity index (χ1) is 20.7. The van der Waals surface area contributed by atoms with E-state index < -0.39 is 16.1 Å². The maximum Gasteiger partial charge on any atom is 0.319 e. The minimum atomic E-state index is -4.09. The molecule has 11 nitrogen and oxygen atoms in total. The summed E-state index contributed by atoms with van der Waals surface area (Å²) in [6.45, 7) is 3.94. The molecular weight excluding hydrogens is 594 g/mol. The number of hydrogen-bond donors (Lipinski definition) is 2. The Hall–Kier alpha value is -4.55. The van der Waals surface area contributed by atoms with Gasteiger partial charge < -0.3 is 24.8 Å². The van der Waals surface area contributed by atoms with Crippen LogP contribution in [0.4, 0.5) is 16.3 Å². The number of carbonyl (C=O) groups excluding carboxylic acids is 1. The fourth-order valence-electron chi connectivity index (χ4n) is 3.88. The standard InChI is InChI=1S/C30H32ClN5O6S/c1-21(2)19-36(43(38,39)24-12-8-5-9-13-24)28-27(42-26-18-23(40-3)14-15-25(26)31)29(34-20-33-28)41-17-16-32-30(37)35-22-10-6-4-7-11-22/h4-15,18,20-21H,16-17,19H2,1-3H3,(H2,32,35,37). The lowest BCUT2D eigenvalue weighted by Crippen LogP contribution is -2.35. The molecule has 2 amide bonds. The molecule has 0 bridgehead atoms. The average molecular weight is 626 g/mol. The predicted octanol–water partition coefficient (Wildman–Crippen LogP) is 5.98. The lowest BCUT2D eigenvalue weighted by molar-refractivity contribution is 0.245. The second kappa shape index (κ2) is 14.6. The number of nitrogens with one attached hydrogen (secondary N) is 2. The van der Waals surface area contributed by atoms with Crippen LogP contribution in [0.1, 0.15) is 13.8 Å². The first-order valence-corrected chi connectivity index (χ1v) is 15.2. The van der Waals surface area contributed by atoms with Crippen LogP contribution in [0, 0.1) is 5.92 Å². The molecule has 2 N–H and O–H groups in total. The lowest BCUT2D eigenvalue weighted by Gasteiger charge is -2.27. The molecule has 0 aliphatic heterocycles. The fraction of sp³-hybridized carbons (Fsp3) is 0.233. The molecule has 3 aromatic carbocycles. The van der Waals surface area contributed by atoms with Gasteiger partial charge in [0.25, 0.3) is 15.9 Å². The van der Waals surface area contributed by atoms with Gasteiger partial charge in [-0.1, -0.05) is 61.8 Å². The molecule has 226 valence electrons. The molecule has 0 radical (unpaired) electrons. The summed E-state index contributed by atoms with van der Waals surface area (Å²) in [5, 5.41) is 5.66. The molecule has 43 heavy (non-hydrogen) atoms. The molecule has 4 rings (SSSR count). The van der Waals surface area contributed by atoms with Gasteiger partial charge in [-0.3, -0.25) is 0 Å². The number of aromatic nitrogens is 2. The van der Waals surface area contributed by atoms with Crippen molar-refractivity contribution in [2.45, 2.75) is 18.7 Å². The molecule has 0 saturated heterocycles. The number of para-hydroxylation sites is 1. The third-order valence-electron chi connectivity index (χ3n) is 5.86. The van der Waals surface area contributed by atoms with Crippen molar-refractivity contribution in [2.24, 2.45) is 5.92 Å². The van der Waals surface area contributed by atoms with Gasteiger partial charge in [-0.2, -0.15) is 4.98 Å². The molecule has 0 unspecified atom stereocenters. The quantitative estimate of drug-likeness (QED) is 0.173. The van der Waals surface area contributed by atoms with Crippen LogP contribution < -0.4 is 29.1 Å². The van der Waals surface area contributed by atoms with Crippen molar-refractivity contribution in [3.63, 3.8) is 0 Å². The zero-order valence-electron chi connectivity index (χ0n) is 23.9. The van der Waals surface area contributed by atoms with Crippen LogP contribution in [-0.2, 0) is 10.0 Å². The highest BCUT2D eigenvalue weighted by Gasteiger charge is 2.32. The third kappa shape index (κ3) is 8.27. The Morgan fingerprint density at radius 1 is 1.00 bits per heavy atom. The highest BCUT2D eigenvalue weighted by molar-refractivity contribution is 7.92. The summed E-state index contributed by atoms with van der Waals surface area (Å²) in [4.78, 5) is 20.9. The van der Waals surface area contributed by atoms with E-state index >= 15 is 0 Å². The van der Waals surface area contributed by atoms with Gasteiger partial charge in [0.2, 0.25) is 5.75 Å². The Bertz CT molecular complexity index is 1630. The number of nitrogens with zero attached hydrogens (tertiary/aromatic N) is 3. The molecule has 4 aromatic rings. The fourth-order valence-corrected chi connectivity index (χ4v) is 5.64. The van der Waals surface area contributed by atoms with E-state index in [2.05, 4.69) is 20.6 Å². The molecule has 0 aliphatic rings. The number of rotatable bonds is 13. The Balaban J connectivity index is 1.67. The van der Waals surface area contributed by atoms with Crippen LogP contribution in [0.15, 0.2) is 90.1 Å². The summed E-state index contributed by atoms with van der Waals surface area (Å²) in [5.74, 6) is 0.376. The Morgan fingerprint density at radius 2 is 1.70 bits per heavy atom. The van der Waals surface area contributed by atoms with Crippen LogP contribution in [0.3, 0.4) is 0 Å². The Labute approximate surface area is 255 Å². The molecule has 13 heteroatoms. The molecule has 0 saturated carbocycles. The number of urea groups is 1. The van der Waals surface area contributed by atoms with Crippen molar-refractivity contribution in [3.05, 3.63) is 90.2 Å². The number of benzene rings is 3. The monoisotopic (exact) mass is 625 g/mol. The van der Waals surface area contributed by atoms with Crippen molar-refractivity contribution in [1.29, 1.82) is 0 Å². The predicted molar refractivity (Wildman–Crippen MR) is 165 cm³/mol. The van der Waals surface area contributed by atoms with E-state index in [1.54, 1.807) is 48.5 Å². The number of carbonyl (C=O) groups is 1. The van der Waals surface area contributed by atoms with Crippen LogP contribution in [-0.4, -0.2) is 51.2 Å². The molecule has 0 aliphatic carbocycles. The summed E-state index contributed by atoms with van der Waals surface area (Å²) >= 11 is 6.44. The molecule has 1 heterocycles. The van der Waals surface area contributed by atoms with Crippen molar-refractivity contribution < 1.29 is 27.4 Å². The summed E-state index contributed by atoms with van der Waals surface area (Å²) in [5.41, 5.74) is 0.636. The largest absolute Gasteiger partial charge is 0.497 e. The first-order valence-electron chi connectivity index (χ1n) is 13.4. The van der Waals surface area contributed by atoms with Crippen molar-refractivity contribution in [3.8, 4) is 23.1 Å². The summed E-state index contributed by atoms with van der Waals surface area (Å²) in [7, 11) is -2.59. The maximum atomic E-state index is 13.9. The van der Waals surface area contributed by atoms with Gasteiger partial charge in [-0.15, -0.1) is 0 Å². The van der Waals surface area contributed by atoms with Crippen LogP contribution in [0.25, 0.3) is 0 Å². The number of amides is 2. The Morgan fingerprint density at radius 3 is 2.37 bits per heavy atom. The molecular formula is C30H32ClN5O6S. The van der Waals surface area contributed by atoms with Gasteiger partial charge in [-0.05, 0) is 42.3 Å². The molecule has 0 spiro atoms. The van der Waals surface area contributed by atoms with E-state index in [9.17, 15) is 13.2 Å².